The highest BCUT2D eigenvalue weighted by Crippen LogP contribution is 2.21. The van der Waals surface area contributed by atoms with Gasteiger partial charge in [-0.15, -0.1) is 0 Å². The molecule has 0 spiro atoms. The second kappa shape index (κ2) is 7.48. The number of rotatable bonds is 6. The van der Waals surface area contributed by atoms with Gasteiger partial charge < -0.3 is 14.8 Å². The summed E-state index contributed by atoms with van der Waals surface area (Å²) in [4.78, 5) is 12.1. The first-order chi connectivity index (χ1) is 12.1. The first-order valence-electron chi connectivity index (χ1n) is 7.52. The van der Waals surface area contributed by atoms with E-state index in [1.165, 1.54) is 35.1 Å². The molecule has 7 heteroatoms. The molecule has 1 aromatic heterocycles. The van der Waals surface area contributed by atoms with E-state index in [9.17, 15) is 9.18 Å². The van der Waals surface area contributed by atoms with Gasteiger partial charge in [-0.2, -0.15) is 5.10 Å². The zero-order chi connectivity index (χ0) is 17.6. The summed E-state index contributed by atoms with van der Waals surface area (Å²) in [6.07, 6.45) is 3.08. The predicted octanol–water partition coefficient (Wildman–Crippen LogP) is 3.46. The van der Waals surface area contributed by atoms with E-state index in [0.717, 1.165) is 0 Å². The first-order valence-corrected chi connectivity index (χ1v) is 7.52. The molecule has 0 unspecified atom stereocenters. The number of hydrogen-bond donors (Lipinski definition) is 1. The van der Waals surface area contributed by atoms with Crippen molar-refractivity contribution in [2.75, 3.05) is 12.4 Å². The van der Waals surface area contributed by atoms with Gasteiger partial charge in [-0.25, -0.2) is 4.39 Å². The fourth-order valence-electron chi connectivity index (χ4n) is 2.17. The highest BCUT2D eigenvalue weighted by atomic mass is 19.1. The number of carbonyl (C=O) groups excluding carboxylic acids is 1. The normalized spacial score (nSPS) is 10.3. The maximum absolute atomic E-state index is 12.9. The number of benzene rings is 2. The number of hydrogen-bond acceptors (Lipinski definition) is 4. The lowest BCUT2D eigenvalue weighted by Crippen LogP contribution is -2.18. The molecule has 3 aromatic rings. The Hall–Kier alpha value is -3.35. The molecule has 0 aliphatic heterocycles. The van der Waals surface area contributed by atoms with E-state index in [4.69, 9.17) is 9.47 Å². The monoisotopic (exact) mass is 341 g/mol. The lowest BCUT2D eigenvalue weighted by atomic mass is 10.3. The van der Waals surface area contributed by atoms with Crippen LogP contribution in [-0.4, -0.2) is 22.8 Å². The molecule has 0 fully saturated rings. The summed E-state index contributed by atoms with van der Waals surface area (Å²) in [5, 5.41) is 6.85. The van der Waals surface area contributed by atoms with E-state index >= 15 is 0 Å². The Morgan fingerprint density at radius 3 is 2.72 bits per heavy atom. The van der Waals surface area contributed by atoms with Crippen molar-refractivity contribution in [3.63, 3.8) is 0 Å². The van der Waals surface area contributed by atoms with Crippen molar-refractivity contribution in [1.29, 1.82) is 0 Å². The van der Waals surface area contributed by atoms with Gasteiger partial charge in [-0.05, 0) is 36.4 Å². The van der Waals surface area contributed by atoms with Crippen LogP contribution in [0.4, 0.5) is 10.1 Å². The van der Waals surface area contributed by atoms with E-state index in [-0.39, 0.29) is 18.3 Å². The van der Waals surface area contributed by atoms with E-state index in [1.54, 1.807) is 37.6 Å². The number of carbonyl (C=O) groups is 1. The molecular weight excluding hydrogens is 325 g/mol. The largest absolute Gasteiger partial charge is 0.497 e. The Morgan fingerprint density at radius 2 is 1.96 bits per heavy atom. The Balaban J connectivity index is 1.58. The minimum atomic E-state index is -0.336. The van der Waals surface area contributed by atoms with Crippen molar-refractivity contribution in [3.05, 3.63) is 66.7 Å². The minimum absolute atomic E-state index is 0.0317. The fourth-order valence-corrected chi connectivity index (χ4v) is 2.17. The number of nitrogens with zero attached hydrogens (tertiary/aromatic N) is 2. The van der Waals surface area contributed by atoms with E-state index < -0.39 is 0 Å². The van der Waals surface area contributed by atoms with Crippen LogP contribution in [0.5, 0.6) is 17.2 Å². The van der Waals surface area contributed by atoms with Crippen LogP contribution in [0.15, 0.2) is 60.9 Å². The van der Waals surface area contributed by atoms with Gasteiger partial charge >= 0.3 is 0 Å². The molecule has 1 amide bonds. The maximum Gasteiger partial charge on any atom is 0.246 e. The van der Waals surface area contributed by atoms with Crippen LogP contribution < -0.4 is 14.8 Å². The molecule has 1 N–H and O–H groups in total. The third-order valence-corrected chi connectivity index (χ3v) is 3.32. The van der Waals surface area contributed by atoms with Crippen LogP contribution in [0.1, 0.15) is 0 Å². The van der Waals surface area contributed by atoms with Gasteiger partial charge in [0.05, 0.1) is 19.5 Å². The van der Waals surface area contributed by atoms with Crippen LogP contribution >= 0.6 is 0 Å². The average Bonchev–Trinajstić information content (AvgIpc) is 3.04. The second-order valence-corrected chi connectivity index (χ2v) is 5.21. The van der Waals surface area contributed by atoms with Gasteiger partial charge in [0.1, 0.15) is 23.9 Å². The number of halogens is 1. The molecule has 2 aromatic carbocycles. The summed E-state index contributed by atoms with van der Waals surface area (Å²) < 4.78 is 25.0. The SMILES string of the molecule is COc1cccc(NC(=O)Cn2cc(Oc3ccc(F)cc3)cn2)c1. The Labute approximate surface area is 143 Å². The van der Waals surface area contributed by atoms with Crippen LogP contribution in [0.25, 0.3) is 0 Å². The van der Waals surface area contributed by atoms with Crippen molar-refractivity contribution < 1.29 is 18.7 Å². The lowest BCUT2D eigenvalue weighted by molar-refractivity contribution is -0.116. The highest BCUT2D eigenvalue weighted by Gasteiger charge is 2.07. The van der Waals surface area contributed by atoms with Crippen LogP contribution in [0.2, 0.25) is 0 Å². The van der Waals surface area contributed by atoms with Gasteiger partial charge in [0.2, 0.25) is 5.91 Å². The Kier molecular flexibility index (Phi) is 4.94. The molecule has 6 nitrogen and oxygen atoms in total. The number of aromatic nitrogens is 2. The van der Waals surface area contributed by atoms with Gasteiger partial charge in [0.15, 0.2) is 5.75 Å². The fraction of sp³-hybridized carbons (Fsp3) is 0.111. The van der Waals surface area contributed by atoms with Crippen molar-refractivity contribution in [1.82, 2.24) is 9.78 Å². The smallest absolute Gasteiger partial charge is 0.246 e. The lowest BCUT2D eigenvalue weighted by Gasteiger charge is -2.07. The van der Waals surface area contributed by atoms with Crippen molar-refractivity contribution in [2.24, 2.45) is 0 Å². The molecule has 3 rings (SSSR count). The molecule has 0 bridgehead atoms. The third-order valence-electron chi connectivity index (χ3n) is 3.32. The number of anilines is 1. The van der Waals surface area contributed by atoms with Gasteiger partial charge in [0, 0.05) is 11.8 Å². The van der Waals surface area contributed by atoms with Crippen LogP contribution in [0.3, 0.4) is 0 Å². The van der Waals surface area contributed by atoms with Gasteiger partial charge in [-0.3, -0.25) is 9.48 Å². The Morgan fingerprint density at radius 1 is 1.16 bits per heavy atom. The van der Waals surface area contributed by atoms with Gasteiger partial charge in [0.25, 0.3) is 0 Å². The highest BCUT2D eigenvalue weighted by molar-refractivity contribution is 5.90. The van der Waals surface area contributed by atoms with E-state index in [1.807, 2.05) is 0 Å². The molecule has 0 radical (unpaired) electrons. The Bertz CT molecular complexity index is 862. The predicted molar refractivity (Wildman–Crippen MR) is 90.3 cm³/mol. The molecule has 1 heterocycles. The van der Waals surface area contributed by atoms with Crippen LogP contribution in [-0.2, 0) is 11.3 Å². The third kappa shape index (κ3) is 4.57. The first kappa shape index (κ1) is 16.5. The maximum atomic E-state index is 12.9. The van der Waals surface area contributed by atoms with Crippen LogP contribution in [0, 0.1) is 5.82 Å². The second-order valence-electron chi connectivity index (χ2n) is 5.21. The molecule has 25 heavy (non-hydrogen) atoms. The zero-order valence-electron chi connectivity index (χ0n) is 13.5. The summed E-state index contributed by atoms with van der Waals surface area (Å²) in [6, 6.07) is 12.7. The topological polar surface area (TPSA) is 65.4 Å². The summed E-state index contributed by atoms with van der Waals surface area (Å²) in [6.45, 7) is 0.0317. The summed E-state index contributed by atoms with van der Waals surface area (Å²) >= 11 is 0. The molecule has 0 saturated heterocycles. The van der Waals surface area contributed by atoms with E-state index in [0.29, 0.717) is 22.9 Å². The van der Waals surface area contributed by atoms with Crippen molar-refractivity contribution >= 4 is 11.6 Å². The standard InChI is InChI=1S/C18H16FN3O3/c1-24-16-4-2-3-14(9-16)21-18(23)12-22-11-17(10-20-22)25-15-7-5-13(19)6-8-15/h2-11H,12H2,1H3,(H,21,23). The molecule has 0 aliphatic carbocycles. The number of methoxy groups -OCH3 is 1. The summed E-state index contributed by atoms with van der Waals surface area (Å²) in [5.41, 5.74) is 0.638. The van der Waals surface area contributed by atoms with E-state index in [2.05, 4.69) is 10.4 Å². The van der Waals surface area contributed by atoms with Crippen molar-refractivity contribution in [3.8, 4) is 17.2 Å². The quantitative estimate of drug-likeness (QED) is 0.746. The number of nitrogens with one attached hydrogen (secondary N) is 1. The zero-order valence-corrected chi connectivity index (χ0v) is 13.5. The van der Waals surface area contributed by atoms with Gasteiger partial charge in [-0.1, -0.05) is 6.07 Å². The summed E-state index contributed by atoms with van der Waals surface area (Å²) in [5.74, 6) is 1.04. The molecule has 0 aliphatic rings. The number of ether oxygens (including phenoxy) is 2. The molecule has 128 valence electrons. The average molecular weight is 341 g/mol. The minimum Gasteiger partial charge on any atom is -0.497 e. The van der Waals surface area contributed by atoms with Crippen molar-refractivity contribution in [2.45, 2.75) is 6.54 Å². The molecule has 0 saturated carbocycles. The number of amides is 1. The summed E-state index contributed by atoms with van der Waals surface area (Å²) in [7, 11) is 1.56. The molecular formula is C18H16FN3O3. The molecule has 0 atom stereocenters.